The van der Waals surface area contributed by atoms with Crippen LogP contribution in [0.15, 0.2) is 186 Å². The van der Waals surface area contributed by atoms with E-state index in [9.17, 15) is 0 Å². The van der Waals surface area contributed by atoms with Gasteiger partial charge in [-0.25, -0.2) is 15.0 Å². The minimum atomic E-state index is 0.565. The van der Waals surface area contributed by atoms with Crippen molar-refractivity contribution in [1.29, 1.82) is 0 Å². The third-order valence-electron chi connectivity index (χ3n) is 11.2. The highest BCUT2D eigenvalue weighted by atomic mass is 16.3. The third-order valence-corrected chi connectivity index (χ3v) is 11.2. The van der Waals surface area contributed by atoms with Crippen molar-refractivity contribution >= 4 is 76.1 Å². The second-order valence-corrected chi connectivity index (χ2v) is 14.4. The number of nitrogens with zero attached hydrogens (tertiary/aromatic N) is 4. The summed E-state index contributed by atoms with van der Waals surface area (Å²) in [5.74, 6) is 1.78. The molecule has 0 bridgehead atoms. The van der Waals surface area contributed by atoms with Gasteiger partial charge in [0.05, 0.1) is 16.7 Å². The van der Waals surface area contributed by atoms with E-state index >= 15 is 0 Å². The van der Waals surface area contributed by atoms with Crippen LogP contribution in [0.4, 0.5) is 0 Å². The van der Waals surface area contributed by atoms with E-state index in [-0.39, 0.29) is 0 Å². The fraction of sp³-hybridized carbons (Fsp3) is 0. The predicted molar refractivity (Wildman–Crippen MR) is 230 cm³/mol. The van der Waals surface area contributed by atoms with E-state index in [2.05, 4.69) is 156 Å². The van der Waals surface area contributed by atoms with Gasteiger partial charge in [-0.3, -0.25) is 0 Å². The summed E-state index contributed by atoms with van der Waals surface area (Å²) in [6.07, 6.45) is 0. The minimum absolute atomic E-state index is 0.565. The molecule has 5 nitrogen and oxygen atoms in total. The fourth-order valence-corrected chi connectivity index (χ4v) is 8.61. The summed E-state index contributed by atoms with van der Waals surface area (Å²) >= 11 is 0. The second kappa shape index (κ2) is 11.9. The topological polar surface area (TPSA) is 56.7 Å². The molecule has 0 radical (unpaired) electrons. The van der Waals surface area contributed by atoms with Gasteiger partial charge >= 0.3 is 0 Å². The van der Waals surface area contributed by atoms with Crippen molar-refractivity contribution in [3.8, 4) is 39.9 Å². The highest BCUT2D eigenvalue weighted by molar-refractivity contribution is 6.16. The number of hydrogen-bond donors (Lipinski definition) is 0. The molecule has 56 heavy (non-hydrogen) atoms. The summed E-state index contributed by atoms with van der Waals surface area (Å²) in [5.41, 5.74) is 7.49. The standard InChI is InChI=1S/C51H30N4O/c1-2-14-31(15-3-1)49-52-50(42-27-34-18-6-7-19-35(34)36-20-8-9-21-37(36)42)54-51(53-49)43-30-48-41(39-23-11-13-25-47(39)56-48)29-46(43)55-44-24-12-10-22-38(44)40-26-32-16-4-5-17-33(32)28-45(40)55/h1-30H. The van der Waals surface area contributed by atoms with Crippen LogP contribution in [0.25, 0.3) is 116 Å². The lowest BCUT2D eigenvalue weighted by Crippen LogP contribution is -2.04. The molecular weight excluding hydrogens is 685 g/mol. The maximum atomic E-state index is 6.57. The molecule has 0 spiro atoms. The van der Waals surface area contributed by atoms with Crippen LogP contribution in [-0.4, -0.2) is 19.5 Å². The Morgan fingerprint density at radius 2 is 0.946 bits per heavy atom. The normalized spacial score (nSPS) is 11.9. The van der Waals surface area contributed by atoms with Gasteiger partial charge in [0.1, 0.15) is 11.2 Å². The number of para-hydroxylation sites is 2. The van der Waals surface area contributed by atoms with Gasteiger partial charge in [-0.2, -0.15) is 0 Å². The fourth-order valence-electron chi connectivity index (χ4n) is 8.61. The van der Waals surface area contributed by atoms with Crippen LogP contribution in [0, 0.1) is 0 Å². The SMILES string of the molecule is c1ccc(-c2nc(-c3cc4oc5ccccc5c4cc3-n3c4ccccc4c4cc5ccccc5cc43)nc(-c3cc4ccccc4c4ccccc34)n2)cc1. The van der Waals surface area contributed by atoms with Gasteiger partial charge in [0.2, 0.25) is 0 Å². The van der Waals surface area contributed by atoms with Crippen LogP contribution in [0.1, 0.15) is 0 Å². The average molecular weight is 715 g/mol. The number of furan rings is 1. The van der Waals surface area contributed by atoms with E-state index < -0.39 is 0 Å². The minimum Gasteiger partial charge on any atom is -0.456 e. The van der Waals surface area contributed by atoms with Gasteiger partial charge in [0, 0.05) is 38.2 Å². The predicted octanol–water partition coefficient (Wildman–Crippen LogP) is 13.3. The van der Waals surface area contributed by atoms with Crippen LogP contribution in [0.5, 0.6) is 0 Å². The summed E-state index contributed by atoms with van der Waals surface area (Å²) < 4.78 is 8.95. The average Bonchev–Trinajstić information content (AvgIpc) is 3.79. The van der Waals surface area contributed by atoms with Gasteiger partial charge in [-0.05, 0) is 74.8 Å². The Morgan fingerprint density at radius 1 is 0.339 bits per heavy atom. The molecule has 9 aromatic carbocycles. The first-order valence-corrected chi connectivity index (χ1v) is 18.9. The summed E-state index contributed by atoms with van der Waals surface area (Å²) in [6, 6.07) is 63.9. The molecule has 12 rings (SSSR count). The Bertz CT molecular complexity index is 3540. The molecule has 3 heterocycles. The quantitative estimate of drug-likeness (QED) is 0.170. The van der Waals surface area contributed by atoms with Crippen LogP contribution in [0.2, 0.25) is 0 Å². The lowest BCUT2D eigenvalue weighted by molar-refractivity contribution is 0.669. The summed E-state index contributed by atoms with van der Waals surface area (Å²) in [6.45, 7) is 0. The summed E-state index contributed by atoms with van der Waals surface area (Å²) in [7, 11) is 0. The number of benzene rings is 9. The van der Waals surface area contributed by atoms with Crippen molar-refractivity contribution < 1.29 is 4.42 Å². The number of rotatable bonds is 4. The molecule has 260 valence electrons. The van der Waals surface area contributed by atoms with Crippen LogP contribution in [0.3, 0.4) is 0 Å². The van der Waals surface area contributed by atoms with Crippen molar-refractivity contribution in [2.24, 2.45) is 0 Å². The monoisotopic (exact) mass is 714 g/mol. The van der Waals surface area contributed by atoms with Crippen molar-refractivity contribution in [2.45, 2.75) is 0 Å². The van der Waals surface area contributed by atoms with E-state index in [0.29, 0.717) is 17.5 Å². The molecule has 0 fully saturated rings. The molecule has 3 aromatic heterocycles. The highest BCUT2D eigenvalue weighted by Crippen LogP contribution is 2.42. The largest absolute Gasteiger partial charge is 0.456 e. The summed E-state index contributed by atoms with van der Waals surface area (Å²) in [4.78, 5) is 16.0. The summed E-state index contributed by atoms with van der Waals surface area (Å²) in [5, 5.41) is 11.4. The first-order chi connectivity index (χ1) is 27.7. The Morgan fingerprint density at radius 3 is 1.77 bits per heavy atom. The van der Waals surface area contributed by atoms with Gasteiger partial charge < -0.3 is 8.98 Å². The smallest absolute Gasteiger partial charge is 0.166 e. The van der Waals surface area contributed by atoms with Gasteiger partial charge in [0.25, 0.3) is 0 Å². The molecule has 0 unspecified atom stereocenters. The Labute approximate surface area is 320 Å². The lowest BCUT2D eigenvalue weighted by atomic mass is 9.97. The third kappa shape index (κ3) is 4.64. The van der Waals surface area contributed by atoms with Crippen LogP contribution >= 0.6 is 0 Å². The van der Waals surface area contributed by atoms with Crippen molar-refractivity contribution in [3.05, 3.63) is 182 Å². The van der Waals surface area contributed by atoms with E-state index in [1.165, 1.54) is 26.9 Å². The van der Waals surface area contributed by atoms with Crippen molar-refractivity contribution in [1.82, 2.24) is 19.5 Å². The Hall–Kier alpha value is -7.63. The first kappa shape index (κ1) is 30.8. The molecule has 0 N–H and O–H groups in total. The van der Waals surface area contributed by atoms with E-state index in [1.807, 2.05) is 30.3 Å². The molecule has 0 aliphatic heterocycles. The molecule has 0 aliphatic carbocycles. The molecule has 0 atom stereocenters. The Kier molecular flexibility index (Phi) is 6.56. The van der Waals surface area contributed by atoms with E-state index in [0.717, 1.165) is 71.5 Å². The van der Waals surface area contributed by atoms with Crippen LogP contribution in [-0.2, 0) is 0 Å². The zero-order valence-corrected chi connectivity index (χ0v) is 30.0. The molecule has 0 amide bonds. The Balaban J connectivity index is 1.22. The zero-order valence-electron chi connectivity index (χ0n) is 30.0. The lowest BCUT2D eigenvalue weighted by Gasteiger charge is -2.16. The molecule has 0 saturated carbocycles. The number of fused-ring (bicyclic) bond motifs is 10. The highest BCUT2D eigenvalue weighted by Gasteiger charge is 2.23. The second-order valence-electron chi connectivity index (χ2n) is 14.4. The number of hydrogen-bond acceptors (Lipinski definition) is 4. The molecule has 0 aliphatic rings. The maximum absolute atomic E-state index is 6.57. The van der Waals surface area contributed by atoms with E-state index in [4.69, 9.17) is 19.4 Å². The molecular formula is C51H30N4O. The number of aromatic nitrogens is 4. The van der Waals surface area contributed by atoms with Gasteiger partial charge in [0.15, 0.2) is 17.5 Å². The molecule has 12 aromatic rings. The van der Waals surface area contributed by atoms with E-state index in [1.54, 1.807) is 0 Å². The van der Waals surface area contributed by atoms with Crippen molar-refractivity contribution in [3.63, 3.8) is 0 Å². The van der Waals surface area contributed by atoms with Crippen LogP contribution < -0.4 is 0 Å². The van der Waals surface area contributed by atoms with Crippen molar-refractivity contribution in [2.75, 3.05) is 0 Å². The van der Waals surface area contributed by atoms with Gasteiger partial charge in [-0.1, -0.05) is 140 Å². The molecule has 5 heteroatoms. The van der Waals surface area contributed by atoms with Gasteiger partial charge in [-0.15, -0.1) is 0 Å². The molecule has 0 saturated heterocycles. The zero-order chi connectivity index (χ0) is 36.7. The maximum Gasteiger partial charge on any atom is 0.166 e. The first-order valence-electron chi connectivity index (χ1n) is 18.9.